The highest BCUT2D eigenvalue weighted by Crippen LogP contribution is 2.19. The molecule has 1 aromatic carbocycles. The average Bonchev–Trinajstić information content (AvgIpc) is 2.41. The first-order valence-corrected chi connectivity index (χ1v) is 4.74. The van der Waals surface area contributed by atoms with Gasteiger partial charge in [0.25, 0.3) is 5.69 Å². The van der Waals surface area contributed by atoms with Crippen molar-refractivity contribution in [2.24, 2.45) is 0 Å². The first kappa shape index (κ1) is 11.9. The zero-order valence-corrected chi connectivity index (χ0v) is 9.05. The molecule has 0 aromatic heterocycles. The van der Waals surface area contributed by atoms with Crippen LogP contribution in [0.3, 0.4) is 0 Å². The lowest BCUT2D eigenvalue weighted by atomic mass is 10.0. The predicted molar refractivity (Wildman–Crippen MR) is 60.6 cm³/mol. The Labute approximate surface area is 94.2 Å². The lowest BCUT2D eigenvalue weighted by Crippen LogP contribution is -2.16. The van der Waals surface area contributed by atoms with Gasteiger partial charge in [-0.25, -0.2) is 0 Å². The predicted octanol–water partition coefficient (Wildman–Crippen LogP) is 1.70. The largest absolute Gasteiger partial charge is 0.316 e. The first-order chi connectivity index (χ1) is 6.77. The van der Waals surface area contributed by atoms with E-state index in [4.69, 9.17) is 0 Å². The standard InChI is InChI=1S/C10H12N2O2.ClH/c13-12(14)10-2-1-8-3-5-11-6-4-9(8)7-10;/h1-2,7,11H,3-6H2;1H. The van der Waals surface area contributed by atoms with Gasteiger partial charge in [-0.2, -0.15) is 0 Å². The number of rotatable bonds is 1. The number of nitro benzene ring substituents is 1. The summed E-state index contributed by atoms with van der Waals surface area (Å²) in [6, 6.07) is 5.16. The van der Waals surface area contributed by atoms with Gasteiger partial charge in [0, 0.05) is 12.1 Å². The van der Waals surface area contributed by atoms with Crippen molar-refractivity contribution in [3.05, 3.63) is 39.4 Å². The van der Waals surface area contributed by atoms with Crippen LogP contribution >= 0.6 is 12.4 Å². The van der Waals surface area contributed by atoms with Crippen molar-refractivity contribution in [3.8, 4) is 0 Å². The molecular formula is C10H13ClN2O2. The second-order valence-corrected chi connectivity index (χ2v) is 3.46. The molecule has 0 bridgehead atoms. The van der Waals surface area contributed by atoms with E-state index in [-0.39, 0.29) is 23.0 Å². The van der Waals surface area contributed by atoms with Crippen LogP contribution in [-0.4, -0.2) is 18.0 Å². The second kappa shape index (κ2) is 5.09. The lowest BCUT2D eigenvalue weighted by Gasteiger charge is -2.03. The molecule has 4 nitrogen and oxygen atoms in total. The van der Waals surface area contributed by atoms with Gasteiger partial charge in [0.1, 0.15) is 0 Å². The van der Waals surface area contributed by atoms with Gasteiger partial charge in [-0.3, -0.25) is 10.1 Å². The summed E-state index contributed by atoms with van der Waals surface area (Å²) in [5, 5.41) is 13.8. The van der Waals surface area contributed by atoms with Gasteiger partial charge in [0.2, 0.25) is 0 Å². The molecule has 15 heavy (non-hydrogen) atoms. The van der Waals surface area contributed by atoms with E-state index in [0.29, 0.717) is 0 Å². The van der Waals surface area contributed by atoms with Crippen molar-refractivity contribution in [3.63, 3.8) is 0 Å². The molecule has 1 heterocycles. The second-order valence-electron chi connectivity index (χ2n) is 3.46. The fourth-order valence-electron chi connectivity index (χ4n) is 1.77. The summed E-state index contributed by atoms with van der Waals surface area (Å²) >= 11 is 0. The molecule has 1 aliphatic heterocycles. The minimum atomic E-state index is -0.335. The Morgan fingerprint density at radius 1 is 1.20 bits per heavy atom. The van der Waals surface area contributed by atoms with Crippen LogP contribution in [0.25, 0.3) is 0 Å². The smallest absolute Gasteiger partial charge is 0.269 e. The lowest BCUT2D eigenvalue weighted by molar-refractivity contribution is -0.384. The van der Waals surface area contributed by atoms with Crippen molar-refractivity contribution < 1.29 is 4.92 Å². The number of fused-ring (bicyclic) bond motifs is 1. The fourth-order valence-corrected chi connectivity index (χ4v) is 1.77. The summed E-state index contributed by atoms with van der Waals surface area (Å²) < 4.78 is 0. The van der Waals surface area contributed by atoms with Gasteiger partial charge >= 0.3 is 0 Å². The SMILES string of the molecule is Cl.O=[N+]([O-])c1ccc2c(c1)CCNCC2. The highest BCUT2D eigenvalue weighted by molar-refractivity contribution is 5.85. The monoisotopic (exact) mass is 228 g/mol. The van der Waals surface area contributed by atoms with Crippen LogP contribution in [0.5, 0.6) is 0 Å². The van der Waals surface area contributed by atoms with E-state index in [1.807, 2.05) is 6.07 Å². The van der Waals surface area contributed by atoms with Gasteiger partial charge in [-0.05, 0) is 37.1 Å². The van der Waals surface area contributed by atoms with E-state index in [2.05, 4.69) is 5.32 Å². The Morgan fingerprint density at radius 2 is 1.87 bits per heavy atom. The maximum absolute atomic E-state index is 10.6. The van der Waals surface area contributed by atoms with Crippen molar-refractivity contribution in [1.82, 2.24) is 5.32 Å². The molecule has 1 aromatic rings. The third kappa shape index (κ3) is 2.67. The van der Waals surface area contributed by atoms with E-state index in [1.165, 1.54) is 5.56 Å². The van der Waals surface area contributed by atoms with Crippen molar-refractivity contribution in [1.29, 1.82) is 0 Å². The van der Waals surface area contributed by atoms with E-state index >= 15 is 0 Å². The molecule has 0 unspecified atom stereocenters. The van der Waals surface area contributed by atoms with Gasteiger partial charge in [0.05, 0.1) is 4.92 Å². The van der Waals surface area contributed by atoms with Crippen LogP contribution in [0.15, 0.2) is 18.2 Å². The van der Waals surface area contributed by atoms with Crippen LogP contribution in [0.1, 0.15) is 11.1 Å². The Morgan fingerprint density at radius 3 is 2.53 bits per heavy atom. The number of hydrogen-bond acceptors (Lipinski definition) is 3. The van der Waals surface area contributed by atoms with Gasteiger partial charge in [-0.1, -0.05) is 6.07 Å². The van der Waals surface area contributed by atoms with Crippen LogP contribution in [0.4, 0.5) is 5.69 Å². The summed E-state index contributed by atoms with van der Waals surface area (Å²) in [7, 11) is 0. The quantitative estimate of drug-likeness (QED) is 0.588. The number of benzene rings is 1. The summed E-state index contributed by atoms with van der Waals surface area (Å²) in [4.78, 5) is 10.2. The molecule has 1 aliphatic rings. The number of nitro groups is 1. The molecule has 0 spiro atoms. The molecular weight excluding hydrogens is 216 g/mol. The van der Waals surface area contributed by atoms with E-state index in [0.717, 1.165) is 31.5 Å². The van der Waals surface area contributed by atoms with E-state index in [1.54, 1.807) is 12.1 Å². The van der Waals surface area contributed by atoms with Crippen molar-refractivity contribution >= 4 is 18.1 Å². The van der Waals surface area contributed by atoms with E-state index in [9.17, 15) is 10.1 Å². The van der Waals surface area contributed by atoms with Gasteiger partial charge in [-0.15, -0.1) is 12.4 Å². The highest BCUT2D eigenvalue weighted by atomic mass is 35.5. The number of nitrogens with one attached hydrogen (secondary N) is 1. The maximum atomic E-state index is 10.6. The minimum Gasteiger partial charge on any atom is -0.316 e. The zero-order valence-electron chi connectivity index (χ0n) is 8.23. The Kier molecular flexibility index (Phi) is 4.05. The van der Waals surface area contributed by atoms with Gasteiger partial charge in [0.15, 0.2) is 0 Å². The zero-order chi connectivity index (χ0) is 9.97. The average molecular weight is 229 g/mol. The number of halogens is 1. The van der Waals surface area contributed by atoms with Crippen LogP contribution in [0.2, 0.25) is 0 Å². The minimum absolute atomic E-state index is 0. The Hall–Kier alpha value is -1.13. The molecule has 0 fully saturated rings. The Bertz CT molecular complexity index is 368. The third-order valence-electron chi connectivity index (χ3n) is 2.54. The van der Waals surface area contributed by atoms with Crippen LogP contribution in [0, 0.1) is 10.1 Å². The molecule has 0 saturated carbocycles. The third-order valence-corrected chi connectivity index (χ3v) is 2.54. The van der Waals surface area contributed by atoms with Crippen LogP contribution in [-0.2, 0) is 12.8 Å². The molecule has 0 amide bonds. The maximum Gasteiger partial charge on any atom is 0.269 e. The number of nitrogens with zero attached hydrogens (tertiary/aromatic N) is 1. The highest BCUT2D eigenvalue weighted by Gasteiger charge is 2.12. The summed E-state index contributed by atoms with van der Waals surface area (Å²) in [6.45, 7) is 1.87. The summed E-state index contributed by atoms with van der Waals surface area (Å²) in [5.41, 5.74) is 2.55. The fraction of sp³-hybridized carbons (Fsp3) is 0.400. The molecule has 82 valence electrons. The normalized spacial score (nSPS) is 14.7. The molecule has 2 rings (SSSR count). The van der Waals surface area contributed by atoms with Crippen molar-refractivity contribution in [2.75, 3.05) is 13.1 Å². The molecule has 0 atom stereocenters. The van der Waals surface area contributed by atoms with E-state index < -0.39 is 0 Å². The molecule has 0 saturated heterocycles. The molecule has 0 radical (unpaired) electrons. The molecule has 5 heteroatoms. The first-order valence-electron chi connectivity index (χ1n) is 4.74. The topological polar surface area (TPSA) is 55.2 Å². The summed E-state index contributed by atoms with van der Waals surface area (Å²) in [6.07, 6.45) is 1.85. The summed E-state index contributed by atoms with van der Waals surface area (Å²) in [5.74, 6) is 0. The number of non-ortho nitro benzene ring substituents is 1. The molecule has 0 aliphatic carbocycles. The van der Waals surface area contributed by atoms with Crippen LogP contribution < -0.4 is 5.32 Å². The van der Waals surface area contributed by atoms with Crippen molar-refractivity contribution in [2.45, 2.75) is 12.8 Å². The molecule has 1 N–H and O–H groups in total. The van der Waals surface area contributed by atoms with Gasteiger partial charge < -0.3 is 5.32 Å². The number of hydrogen-bond donors (Lipinski definition) is 1. The Balaban J connectivity index is 0.00000112.